The van der Waals surface area contributed by atoms with Gasteiger partial charge in [-0.15, -0.1) is 0 Å². The molecule has 0 aliphatic carbocycles. The third-order valence-electron chi connectivity index (χ3n) is 5.65. The molecule has 0 aromatic carbocycles. The highest BCUT2D eigenvalue weighted by atomic mass is 16.5. The summed E-state index contributed by atoms with van der Waals surface area (Å²) in [5.74, 6) is 0.859. The van der Waals surface area contributed by atoms with Crippen LogP contribution in [0.4, 0.5) is 0 Å². The third kappa shape index (κ3) is 7.56. The predicted molar refractivity (Wildman–Crippen MR) is 114 cm³/mol. The lowest BCUT2D eigenvalue weighted by Crippen LogP contribution is -2.47. The van der Waals surface area contributed by atoms with Crippen LogP contribution in [0.1, 0.15) is 26.2 Å². The van der Waals surface area contributed by atoms with Crippen molar-refractivity contribution in [3.63, 3.8) is 0 Å². The Hall–Kier alpha value is -1.38. The molecule has 2 saturated heterocycles. The van der Waals surface area contributed by atoms with Crippen LogP contribution in [-0.2, 0) is 9.53 Å². The van der Waals surface area contributed by atoms with Crippen molar-refractivity contribution in [2.24, 2.45) is 4.99 Å². The van der Waals surface area contributed by atoms with Gasteiger partial charge < -0.3 is 19.9 Å². The highest BCUT2D eigenvalue weighted by molar-refractivity contribution is 5.84. The molecule has 0 spiro atoms. The molecule has 1 amide bonds. The molecule has 2 rings (SSSR count). The largest absolute Gasteiger partial charge is 0.379 e. The van der Waals surface area contributed by atoms with E-state index in [1.54, 1.807) is 19.0 Å². The van der Waals surface area contributed by atoms with E-state index in [2.05, 4.69) is 39.0 Å². The van der Waals surface area contributed by atoms with Gasteiger partial charge >= 0.3 is 0 Å². The molecule has 0 bridgehead atoms. The maximum Gasteiger partial charge on any atom is 0.243 e. The number of rotatable bonds is 9. The normalized spacial score (nSPS) is 21.7. The van der Waals surface area contributed by atoms with Crippen molar-refractivity contribution in [3.05, 3.63) is 0 Å². The lowest BCUT2D eigenvalue weighted by molar-refractivity contribution is -0.127. The third-order valence-corrected chi connectivity index (χ3v) is 5.65. The minimum absolute atomic E-state index is 0.0251. The molecule has 2 aliphatic rings. The van der Waals surface area contributed by atoms with Gasteiger partial charge in [-0.3, -0.25) is 14.6 Å². The fourth-order valence-corrected chi connectivity index (χ4v) is 3.84. The standard InChI is InChI=1S/C20H40N6O2/c1-5-26-11-6-8-18(26)17-24(4)20(22-16-19(27)23(2)3)21-9-7-10-25-12-14-28-15-13-25/h18H,5-17H2,1-4H3,(H,21,22). The van der Waals surface area contributed by atoms with Crippen molar-refractivity contribution < 1.29 is 9.53 Å². The van der Waals surface area contributed by atoms with Gasteiger partial charge in [0.1, 0.15) is 6.54 Å². The zero-order chi connectivity index (χ0) is 20.4. The van der Waals surface area contributed by atoms with E-state index in [0.29, 0.717) is 6.04 Å². The summed E-state index contributed by atoms with van der Waals surface area (Å²) < 4.78 is 5.41. The Morgan fingerprint density at radius 1 is 1.21 bits per heavy atom. The predicted octanol–water partition coefficient (Wildman–Crippen LogP) is 0.159. The lowest BCUT2D eigenvalue weighted by Gasteiger charge is -2.30. The number of nitrogens with zero attached hydrogens (tertiary/aromatic N) is 5. The van der Waals surface area contributed by atoms with E-state index < -0.39 is 0 Å². The second-order valence-electron chi connectivity index (χ2n) is 7.97. The van der Waals surface area contributed by atoms with Gasteiger partial charge in [0.05, 0.1) is 13.2 Å². The topological polar surface area (TPSA) is 63.7 Å². The summed E-state index contributed by atoms with van der Waals surface area (Å²) in [4.78, 5) is 25.4. The number of hydrogen-bond donors (Lipinski definition) is 1. The van der Waals surface area contributed by atoms with Crippen LogP contribution >= 0.6 is 0 Å². The number of guanidine groups is 1. The zero-order valence-electron chi connectivity index (χ0n) is 18.3. The summed E-state index contributed by atoms with van der Waals surface area (Å²) in [6, 6.07) is 0.569. The molecule has 1 unspecified atom stereocenters. The van der Waals surface area contributed by atoms with Crippen LogP contribution in [-0.4, -0.2) is 124 Å². The molecule has 162 valence electrons. The lowest BCUT2D eigenvalue weighted by atomic mass is 10.2. The number of nitrogens with one attached hydrogen (secondary N) is 1. The van der Waals surface area contributed by atoms with Gasteiger partial charge in [-0.25, -0.2) is 4.99 Å². The molecule has 0 aromatic rings. The first-order valence-corrected chi connectivity index (χ1v) is 10.7. The average Bonchev–Trinajstić information content (AvgIpc) is 3.14. The summed E-state index contributed by atoms with van der Waals surface area (Å²) in [6.07, 6.45) is 3.56. The summed E-state index contributed by atoms with van der Waals surface area (Å²) in [5, 5.41) is 3.49. The summed E-state index contributed by atoms with van der Waals surface area (Å²) in [5.41, 5.74) is 0. The SMILES string of the molecule is CCN1CCCC1CN(C)C(=NCC(=O)N(C)C)NCCCN1CCOCC1. The molecule has 1 atom stereocenters. The highest BCUT2D eigenvalue weighted by Gasteiger charge is 2.25. The van der Waals surface area contributed by atoms with Gasteiger partial charge in [-0.1, -0.05) is 6.92 Å². The first kappa shape index (κ1) is 22.9. The van der Waals surface area contributed by atoms with Crippen molar-refractivity contribution >= 4 is 11.9 Å². The first-order valence-electron chi connectivity index (χ1n) is 10.7. The van der Waals surface area contributed by atoms with E-state index in [0.717, 1.165) is 64.9 Å². The Bertz CT molecular complexity index is 493. The van der Waals surface area contributed by atoms with Crippen LogP contribution in [0.2, 0.25) is 0 Å². The van der Waals surface area contributed by atoms with Crippen LogP contribution < -0.4 is 5.32 Å². The molecule has 0 aromatic heterocycles. The maximum atomic E-state index is 12.0. The molecule has 2 heterocycles. The molecule has 0 saturated carbocycles. The van der Waals surface area contributed by atoms with Crippen LogP contribution in [0.25, 0.3) is 0 Å². The van der Waals surface area contributed by atoms with Crippen LogP contribution in [0.5, 0.6) is 0 Å². The number of aliphatic imine (C=N–C) groups is 1. The van der Waals surface area contributed by atoms with Crippen LogP contribution in [0, 0.1) is 0 Å². The second kappa shape index (κ2) is 12.2. The van der Waals surface area contributed by atoms with Gasteiger partial charge in [-0.2, -0.15) is 0 Å². The zero-order valence-corrected chi connectivity index (χ0v) is 18.3. The number of carbonyl (C=O) groups excluding carboxylic acids is 1. The number of ether oxygens (including phenoxy) is 1. The van der Waals surface area contributed by atoms with Gasteiger partial charge in [0.15, 0.2) is 5.96 Å². The summed E-state index contributed by atoms with van der Waals surface area (Å²) in [7, 11) is 5.63. The number of likely N-dealkylation sites (N-methyl/N-ethyl adjacent to an activating group) is 3. The molecular weight excluding hydrogens is 356 g/mol. The van der Waals surface area contributed by atoms with Crippen molar-refractivity contribution in [2.45, 2.75) is 32.2 Å². The van der Waals surface area contributed by atoms with E-state index in [1.807, 2.05) is 0 Å². The minimum atomic E-state index is 0.0251. The number of carbonyl (C=O) groups is 1. The number of likely N-dealkylation sites (tertiary alicyclic amines) is 1. The number of morpholine rings is 1. The monoisotopic (exact) mass is 396 g/mol. The van der Waals surface area contributed by atoms with E-state index in [4.69, 9.17) is 4.74 Å². The van der Waals surface area contributed by atoms with Gasteiger partial charge in [0.25, 0.3) is 0 Å². The second-order valence-corrected chi connectivity index (χ2v) is 7.97. The quantitative estimate of drug-likeness (QED) is 0.340. The van der Waals surface area contributed by atoms with Crippen molar-refractivity contribution in [1.29, 1.82) is 0 Å². The van der Waals surface area contributed by atoms with E-state index in [-0.39, 0.29) is 12.5 Å². The molecular formula is C20H40N6O2. The fraction of sp³-hybridized carbons (Fsp3) is 0.900. The Kier molecular flexibility index (Phi) is 10.0. The number of hydrogen-bond acceptors (Lipinski definition) is 5. The Labute approximate surface area is 170 Å². The molecule has 2 fully saturated rings. The maximum absolute atomic E-state index is 12.0. The molecule has 0 radical (unpaired) electrons. The van der Waals surface area contributed by atoms with E-state index in [1.165, 1.54) is 19.4 Å². The van der Waals surface area contributed by atoms with Crippen molar-refractivity contribution in [2.75, 3.05) is 86.7 Å². The molecule has 8 heteroatoms. The van der Waals surface area contributed by atoms with Crippen molar-refractivity contribution in [1.82, 2.24) is 24.9 Å². The van der Waals surface area contributed by atoms with E-state index in [9.17, 15) is 4.79 Å². The Morgan fingerprint density at radius 2 is 1.96 bits per heavy atom. The van der Waals surface area contributed by atoms with Gasteiger partial charge in [0, 0.05) is 53.4 Å². The summed E-state index contributed by atoms with van der Waals surface area (Å²) in [6.45, 7) is 11.3. The average molecular weight is 397 g/mol. The molecule has 1 N–H and O–H groups in total. The smallest absolute Gasteiger partial charge is 0.243 e. The summed E-state index contributed by atoms with van der Waals surface area (Å²) >= 11 is 0. The molecule has 2 aliphatic heterocycles. The fourth-order valence-electron chi connectivity index (χ4n) is 3.84. The van der Waals surface area contributed by atoms with Gasteiger partial charge in [0.2, 0.25) is 5.91 Å². The van der Waals surface area contributed by atoms with Crippen LogP contribution in [0.3, 0.4) is 0 Å². The van der Waals surface area contributed by atoms with Crippen LogP contribution in [0.15, 0.2) is 4.99 Å². The molecule has 28 heavy (non-hydrogen) atoms. The van der Waals surface area contributed by atoms with Crippen molar-refractivity contribution in [3.8, 4) is 0 Å². The Balaban J connectivity index is 1.85. The Morgan fingerprint density at radius 3 is 2.64 bits per heavy atom. The van der Waals surface area contributed by atoms with E-state index >= 15 is 0 Å². The molecule has 8 nitrogen and oxygen atoms in total. The van der Waals surface area contributed by atoms with Gasteiger partial charge in [-0.05, 0) is 38.9 Å². The first-order chi connectivity index (χ1) is 13.5. The minimum Gasteiger partial charge on any atom is -0.379 e. The number of amides is 1. The highest BCUT2D eigenvalue weighted by Crippen LogP contribution is 2.17.